The lowest BCUT2D eigenvalue weighted by Gasteiger charge is -2.14. The molecule has 0 saturated heterocycles. The molecule has 0 aliphatic heterocycles. The summed E-state index contributed by atoms with van der Waals surface area (Å²) in [4.78, 5) is 4.85. The molecule has 2 heteroatoms. The molecule has 0 heterocycles. The van der Waals surface area contributed by atoms with Gasteiger partial charge in [0.25, 0.3) is 0 Å². The van der Waals surface area contributed by atoms with Crippen molar-refractivity contribution in [1.29, 1.82) is 0 Å². The first-order chi connectivity index (χ1) is 4.34. The van der Waals surface area contributed by atoms with Gasteiger partial charge in [-0.15, -0.1) is 0 Å². The summed E-state index contributed by atoms with van der Waals surface area (Å²) in [6.45, 7) is 2.27. The summed E-state index contributed by atoms with van der Waals surface area (Å²) in [7, 11) is 1.69. The molecule has 2 atom stereocenters. The molecule has 9 heavy (non-hydrogen) atoms. The summed E-state index contributed by atoms with van der Waals surface area (Å²) in [6.07, 6.45) is 3.97. The Morgan fingerprint density at radius 1 is 1.44 bits per heavy atom. The minimum Gasteiger partial charge on any atom is -0.305 e. The van der Waals surface area contributed by atoms with Crippen LogP contribution in [0.3, 0.4) is 0 Å². The van der Waals surface area contributed by atoms with Crippen molar-refractivity contribution in [3.63, 3.8) is 0 Å². The van der Waals surface area contributed by atoms with Gasteiger partial charge in [0.05, 0.1) is 7.11 Å². The van der Waals surface area contributed by atoms with E-state index >= 15 is 0 Å². The maximum Gasteiger partial charge on any atom is 0.0572 e. The van der Waals surface area contributed by atoms with Crippen molar-refractivity contribution >= 4 is 0 Å². The Hall–Kier alpha value is -0.0800. The second kappa shape index (κ2) is 3.18. The Kier molecular flexibility index (Phi) is 2.49. The van der Waals surface area contributed by atoms with E-state index in [-0.39, 0.29) is 0 Å². The van der Waals surface area contributed by atoms with Gasteiger partial charge in [0.2, 0.25) is 0 Å². The number of hydrogen-bond donors (Lipinski definition) is 1. The summed E-state index contributed by atoms with van der Waals surface area (Å²) in [5, 5.41) is 0. The van der Waals surface area contributed by atoms with Gasteiger partial charge in [-0.1, -0.05) is 13.3 Å². The van der Waals surface area contributed by atoms with Crippen LogP contribution in [0.2, 0.25) is 0 Å². The molecule has 1 aliphatic rings. The van der Waals surface area contributed by atoms with Crippen LogP contribution in [0.1, 0.15) is 26.2 Å². The largest absolute Gasteiger partial charge is 0.305 e. The fourth-order valence-electron chi connectivity index (χ4n) is 1.47. The average Bonchev–Trinajstić information content (AvgIpc) is 2.18. The van der Waals surface area contributed by atoms with Gasteiger partial charge in [0, 0.05) is 6.04 Å². The van der Waals surface area contributed by atoms with E-state index < -0.39 is 0 Å². The first-order valence-electron chi connectivity index (χ1n) is 3.63. The Morgan fingerprint density at radius 2 is 2.22 bits per heavy atom. The molecule has 1 saturated carbocycles. The SMILES string of the molecule is CONC1CCCC1C. The van der Waals surface area contributed by atoms with Crippen LogP contribution in [0.5, 0.6) is 0 Å². The molecule has 0 radical (unpaired) electrons. The van der Waals surface area contributed by atoms with E-state index in [1.54, 1.807) is 7.11 Å². The fourth-order valence-corrected chi connectivity index (χ4v) is 1.47. The minimum absolute atomic E-state index is 0.606. The average molecular weight is 129 g/mol. The molecule has 0 aromatic rings. The summed E-state index contributed by atoms with van der Waals surface area (Å²) < 4.78 is 0. The third kappa shape index (κ3) is 1.66. The van der Waals surface area contributed by atoms with Gasteiger partial charge in [-0.3, -0.25) is 0 Å². The standard InChI is InChI=1S/C7H15NO/c1-6-4-3-5-7(6)8-9-2/h6-8H,3-5H2,1-2H3. The second-order valence-electron chi connectivity index (χ2n) is 2.84. The van der Waals surface area contributed by atoms with E-state index in [9.17, 15) is 0 Å². The molecule has 1 N–H and O–H groups in total. The molecule has 1 aliphatic carbocycles. The van der Waals surface area contributed by atoms with Crippen molar-refractivity contribution in [2.75, 3.05) is 7.11 Å². The fraction of sp³-hybridized carbons (Fsp3) is 1.00. The smallest absolute Gasteiger partial charge is 0.0572 e. The van der Waals surface area contributed by atoms with Crippen LogP contribution in [0.25, 0.3) is 0 Å². The molecule has 2 unspecified atom stereocenters. The van der Waals surface area contributed by atoms with Gasteiger partial charge in [-0.05, 0) is 18.8 Å². The van der Waals surface area contributed by atoms with Crippen molar-refractivity contribution in [1.82, 2.24) is 5.48 Å². The van der Waals surface area contributed by atoms with Gasteiger partial charge in [-0.25, -0.2) is 0 Å². The summed E-state index contributed by atoms with van der Waals surface area (Å²) in [5.41, 5.74) is 2.99. The molecule has 0 spiro atoms. The third-order valence-electron chi connectivity index (χ3n) is 2.13. The predicted octanol–water partition coefficient (Wildman–Crippen LogP) is 1.33. The molecular weight excluding hydrogens is 114 g/mol. The first-order valence-corrected chi connectivity index (χ1v) is 3.63. The molecule has 1 fully saturated rings. The van der Waals surface area contributed by atoms with Gasteiger partial charge < -0.3 is 4.84 Å². The molecule has 1 rings (SSSR count). The van der Waals surface area contributed by atoms with Crippen LogP contribution < -0.4 is 5.48 Å². The van der Waals surface area contributed by atoms with Crippen LogP contribution in [0.4, 0.5) is 0 Å². The highest BCUT2D eigenvalue weighted by atomic mass is 16.6. The Balaban J connectivity index is 2.22. The van der Waals surface area contributed by atoms with Crippen molar-refractivity contribution < 1.29 is 4.84 Å². The monoisotopic (exact) mass is 129 g/mol. The Bertz CT molecular complexity index is 85.0. The highest BCUT2D eigenvalue weighted by molar-refractivity contribution is 4.77. The molecule has 2 nitrogen and oxygen atoms in total. The lowest BCUT2D eigenvalue weighted by molar-refractivity contribution is 0.0513. The third-order valence-corrected chi connectivity index (χ3v) is 2.13. The summed E-state index contributed by atoms with van der Waals surface area (Å²) in [5.74, 6) is 0.796. The van der Waals surface area contributed by atoms with Gasteiger partial charge >= 0.3 is 0 Å². The zero-order chi connectivity index (χ0) is 6.69. The summed E-state index contributed by atoms with van der Waals surface area (Å²) in [6, 6.07) is 0.606. The number of rotatable bonds is 2. The van der Waals surface area contributed by atoms with E-state index in [2.05, 4.69) is 12.4 Å². The number of hydrogen-bond acceptors (Lipinski definition) is 2. The van der Waals surface area contributed by atoms with Crippen molar-refractivity contribution in [3.8, 4) is 0 Å². The van der Waals surface area contributed by atoms with E-state index in [0.29, 0.717) is 6.04 Å². The molecular formula is C7H15NO. The van der Waals surface area contributed by atoms with Crippen molar-refractivity contribution in [3.05, 3.63) is 0 Å². The quantitative estimate of drug-likeness (QED) is 0.568. The topological polar surface area (TPSA) is 21.3 Å². The molecule has 0 bridgehead atoms. The molecule has 0 aromatic heterocycles. The van der Waals surface area contributed by atoms with E-state index in [1.807, 2.05) is 0 Å². The predicted molar refractivity (Wildman–Crippen MR) is 36.9 cm³/mol. The maximum atomic E-state index is 4.85. The normalized spacial score (nSPS) is 35.3. The van der Waals surface area contributed by atoms with Crippen LogP contribution in [-0.2, 0) is 4.84 Å². The van der Waals surface area contributed by atoms with Gasteiger partial charge in [0.15, 0.2) is 0 Å². The molecule has 0 aromatic carbocycles. The first kappa shape index (κ1) is 7.03. The van der Waals surface area contributed by atoms with Crippen molar-refractivity contribution in [2.45, 2.75) is 32.2 Å². The lowest BCUT2D eigenvalue weighted by atomic mass is 10.1. The van der Waals surface area contributed by atoms with Crippen LogP contribution in [0.15, 0.2) is 0 Å². The highest BCUT2D eigenvalue weighted by Crippen LogP contribution is 2.24. The minimum atomic E-state index is 0.606. The van der Waals surface area contributed by atoms with Crippen LogP contribution >= 0.6 is 0 Å². The number of hydroxylamine groups is 1. The Morgan fingerprint density at radius 3 is 2.67 bits per heavy atom. The molecule has 54 valence electrons. The van der Waals surface area contributed by atoms with E-state index in [4.69, 9.17) is 4.84 Å². The highest BCUT2D eigenvalue weighted by Gasteiger charge is 2.22. The van der Waals surface area contributed by atoms with Gasteiger partial charge in [-0.2, -0.15) is 5.48 Å². The second-order valence-corrected chi connectivity index (χ2v) is 2.84. The van der Waals surface area contributed by atoms with E-state index in [1.165, 1.54) is 19.3 Å². The summed E-state index contributed by atoms with van der Waals surface area (Å²) >= 11 is 0. The van der Waals surface area contributed by atoms with Crippen molar-refractivity contribution in [2.24, 2.45) is 5.92 Å². The zero-order valence-electron chi connectivity index (χ0n) is 6.18. The van der Waals surface area contributed by atoms with Crippen LogP contribution in [-0.4, -0.2) is 13.2 Å². The zero-order valence-corrected chi connectivity index (χ0v) is 6.18. The molecule has 0 amide bonds. The lowest BCUT2D eigenvalue weighted by Crippen LogP contribution is -2.29. The van der Waals surface area contributed by atoms with E-state index in [0.717, 1.165) is 5.92 Å². The maximum absolute atomic E-state index is 4.85. The number of nitrogens with one attached hydrogen (secondary N) is 1. The Labute approximate surface area is 56.5 Å². The van der Waals surface area contributed by atoms with Crippen LogP contribution in [0, 0.1) is 5.92 Å². The van der Waals surface area contributed by atoms with Gasteiger partial charge in [0.1, 0.15) is 0 Å².